The van der Waals surface area contributed by atoms with Crippen LogP contribution in [0.15, 0.2) is 0 Å². The van der Waals surface area contributed by atoms with Crippen molar-refractivity contribution < 1.29 is 4.79 Å². The Labute approximate surface area is 111 Å². The molecule has 2 N–H and O–H groups in total. The Balaban J connectivity index is 1.72. The average Bonchev–Trinajstić information content (AvgIpc) is 2.82. The lowest BCUT2D eigenvalue weighted by atomic mass is 9.73. The molecular weight excluding hydrogens is 224 g/mol. The molecule has 1 unspecified atom stereocenters. The van der Waals surface area contributed by atoms with E-state index in [1.54, 1.807) is 0 Å². The molecule has 0 aliphatic heterocycles. The van der Waals surface area contributed by atoms with E-state index in [0.29, 0.717) is 18.6 Å². The Morgan fingerprint density at radius 2 is 1.78 bits per heavy atom. The van der Waals surface area contributed by atoms with E-state index in [9.17, 15) is 4.79 Å². The molecule has 0 heterocycles. The van der Waals surface area contributed by atoms with Crippen molar-refractivity contribution in [3.8, 4) is 0 Å². The predicted octanol–water partition coefficient (Wildman–Crippen LogP) is 2.60. The molecule has 1 atom stereocenters. The first-order valence-electron chi connectivity index (χ1n) is 7.61. The van der Waals surface area contributed by atoms with Gasteiger partial charge in [-0.15, -0.1) is 0 Å². The molecule has 0 bridgehead atoms. The summed E-state index contributed by atoms with van der Waals surface area (Å²) in [7, 11) is 0. The Morgan fingerprint density at radius 1 is 1.11 bits per heavy atom. The standard InChI is InChI=1S/C15H28N2O/c1-15(2)10-6-5-9-13(15)17-14(18)11-16-12-7-3-4-8-12/h12-13,16H,3-11H2,1-2H3,(H,17,18). The van der Waals surface area contributed by atoms with Crippen molar-refractivity contribution in [3.05, 3.63) is 0 Å². The van der Waals surface area contributed by atoms with Crippen molar-refractivity contribution in [3.63, 3.8) is 0 Å². The molecule has 3 heteroatoms. The maximum atomic E-state index is 12.0. The molecule has 18 heavy (non-hydrogen) atoms. The van der Waals surface area contributed by atoms with Crippen LogP contribution in [-0.2, 0) is 4.79 Å². The zero-order valence-electron chi connectivity index (χ0n) is 11.9. The molecule has 3 nitrogen and oxygen atoms in total. The zero-order chi connectivity index (χ0) is 13.0. The summed E-state index contributed by atoms with van der Waals surface area (Å²) in [4.78, 5) is 12.0. The lowest BCUT2D eigenvalue weighted by molar-refractivity contribution is -0.122. The molecule has 2 rings (SSSR count). The summed E-state index contributed by atoms with van der Waals surface area (Å²) in [5.74, 6) is 0.182. The van der Waals surface area contributed by atoms with Gasteiger partial charge in [0.15, 0.2) is 0 Å². The van der Waals surface area contributed by atoms with Gasteiger partial charge in [-0.25, -0.2) is 0 Å². The second-order valence-corrected chi connectivity index (χ2v) is 6.72. The van der Waals surface area contributed by atoms with E-state index < -0.39 is 0 Å². The molecule has 1 amide bonds. The van der Waals surface area contributed by atoms with Crippen LogP contribution < -0.4 is 10.6 Å². The molecule has 2 fully saturated rings. The van der Waals surface area contributed by atoms with E-state index in [-0.39, 0.29) is 11.3 Å². The second-order valence-electron chi connectivity index (χ2n) is 6.72. The molecule has 0 aromatic heterocycles. The van der Waals surface area contributed by atoms with Crippen LogP contribution in [0.1, 0.15) is 65.2 Å². The minimum atomic E-state index is 0.182. The van der Waals surface area contributed by atoms with E-state index in [2.05, 4.69) is 24.5 Å². The van der Waals surface area contributed by atoms with Crippen LogP contribution in [0.3, 0.4) is 0 Å². The fourth-order valence-corrected chi connectivity index (χ4v) is 3.37. The summed E-state index contributed by atoms with van der Waals surface area (Å²) in [5.41, 5.74) is 0.265. The molecular formula is C15H28N2O. The number of hydrogen-bond acceptors (Lipinski definition) is 2. The Bertz CT molecular complexity index is 282. The van der Waals surface area contributed by atoms with Crippen LogP contribution >= 0.6 is 0 Å². The van der Waals surface area contributed by atoms with Gasteiger partial charge < -0.3 is 10.6 Å². The van der Waals surface area contributed by atoms with Crippen molar-refractivity contribution in [2.45, 2.75) is 77.3 Å². The summed E-state index contributed by atoms with van der Waals surface area (Å²) in [6.07, 6.45) is 10.0. The molecule has 104 valence electrons. The van der Waals surface area contributed by atoms with Crippen molar-refractivity contribution in [2.75, 3.05) is 6.54 Å². The predicted molar refractivity (Wildman–Crippen MR) is 74.4 cm³/mol. The molecule has 0 spiro atoms. The minimum Gasteiger partial charge on any atom is -0.352 e. The monoisotopic (exact) mass is 252 g/mol. The van der Waals surface area contributed by atoms with Crippen molar-refractivity contribution in [2.24, 2.45) is 5.41 Å². The largest absolute Gasteiger partial charge is 0.352 e. The van der Waals surface area contributed by atoms with Gasteiger partial charge in [0.1, 0.15) is 0 Å². The van der Waals surface area contributed by atoms with E-state index in [1.165, 1.54) is 44.9 Å². The number of amides is 1. The van der Waals surface area contributed by atoms with Crippen LogP contribution in [0.5, 0.6) is 0 Å². The van der Waals surface area contributed by atoms with Crippen LogP contribution in [0.25, 0.3) is 0 Å². The fraction of sp³-hybridized carbons (Fsp3) is 0.933. The van der Waals surface area contributed by atoms with Gasteiger partial charge in [-0.3, -0.25) is 4.79 Å². The maximum absolute atomic E-state index is 12.0. The van der Waals surface area contributed by atoms with Gasteiger partial charge >= 0.3 is 0 Å². The van der Waals surface area contributed by atoms with Gasteiger partial charge in [0.2, 0.25) is 5.91 Å². The van der Waals surface area contributed by atoms with Crippen molar-refractivity contribution >= 4 is 5.91 Å². The van der Waals surface area contributed by atoms with Gasteiger partial charge in [0.05, 0.1) is 6.54 Å². The number of carbonyl (C=O) groups is 1. The third-order valence-electron chi connectivity index (χ3n) is 4.75. The zero-order valence-corrected chi connectivity index (χ0v) is 11.9. The molecule has 2 saturated carbocycles. The van der Waals surface area contributed by atoms with E-state index in [4.69, 9.17) is 0 Å². The highest BCUT2D eigenvalue weighted by atomic mass is 16.2. The van der Waals surface area contributed by atoms with E-state index in [0.717, 1.165) is 6.42 Å². The normalized spacial score (nSPS) is 28.2. The van der Waals surface area contributed by atoms with E-state index in [1.807, 2.05) is 0 Å². The molecule has 0 radical (unpaired) electrons. The van der Waals surface area contributed by atoms with Gasteiger partial charge in [-0.1, -0.05) is 39.5 Å². The first kappa shape index (κ1) is 13.9. The van der Waals surface area contributed by atoms with Crippen LogP contribution in [0.4, 0.5) is 0 Å². The number of rotatable bonds is 4. The summed E-state index contributed by atoms with van der Waals surface area (Å²) in [5, 5.41) is 6.62. The van der Waals surface area contributed by atoms with Gasteiger partial charge in [0.25, 0.3) is 0 Å². The summed E-state index contributed by atoms with van der Waals surface area (Å²) < 4.78 is 0. The number of carbonyl (C=O) groups excluding carboxylic acids is 1. The maximum Gasteiger partial charge on any atom is 0.234 e. The molecule has 0 saturated heterocycles. The van der Waals surface area contributed by atoms with Crippen LogP contribution in [-0.4, -0.2) is 24.5 Å². The molecule has 2 aliphatic rings. The minimum absolute atomic E-state index is 0.182. The van der Waals surface area contributed by atoms with Crippen molar-refractivity contribution in [1.82, 2.24) is 10.6 Å². The molecule has 0 aromatic carbocycles. The van der Waals surface area contributed by atoms with Gasteiger partial charge in [-0.05, 0) is 31.1 Å². The summed E-state index contributed by atoms with van der Waals surface area (Å²) in [6.45, 7) is 5.06. The first-order valence-corrected chi connectivity index (χ1v) is 7.61. The third-order valence-corrected chi connectivity index (χ3v) is 4.75. The molecule has 0 aromatic rings. The smallest absolute Gasteiger partial charge is 0.234 e. The lowest BCUT2D eigenvalue weighted by Crippen LogP contribution is -2.49. The first-order chi connectivity index (χ1) is 8.58. The quantitative estimate of drug-likeness (QED) is 0.807. The highest BCUT2D eigenvalue weighted by molar-refractivity contribution is 5.78. The summed E-state index contributed by atoms with van der Waals surface area (Å²) in [6, 6.07) is 0.944. The number of nitrogens with one attached hydrogen (secondary N) is 2. The number of hydrogen-bond donors (Lipinski definition) is 2. The highest BCUT2D eigenvalue weighted by Crippen LogP contribution is 2.35. The Hall–Kier alpha value is -0.570. The van der Waals surface area contributed by atoms with E-state index >= 15 is 0 Å². The second kappa shape index (κ2) is 6.05. The topological polar surface area (TPSA) is 41.1 Å². The van der Waals surface area contributed by atoms with Crippen LogP contribution in [0, 0.1) is 5.41 Å². The van der Waals surface area contributed by atoms with Gasteiger partial charge in [-0.2, -0.15) is 0 Å². The van der Waals surface area contributed by atoms with Gasteiger partial charge in [0, 0.05) is 12.1 Å². The SMILES string of the molecule is CC1(C)CCCCC1NC(=O)CNC1CCCC1. The molecule has 2 aliphatic carbocycles. The lowest BCUT2D eigenvalue weighted by Gasteiger charge is -2.39. The Kier molecular flexibility index (Phi) is 4.66. The van der Waals surface area contributed by atoms with Crippen molar-refractivity contribution in [1.29, 1.82) is 0 Å². The Morgan fingerprint density at radius 3 is 2.44 bits per heavy atom. The average molecular weight is 252 g/mol. The fourth-order valence-electron chi connectivity index (χ4n) is 3.37. The summed E-state index contributed by atoms with van der Waals surface area (Å²) >= 11 is 0. The van der Waals surface area contributed by atoms with Crippen LogP contribution in [0.2, 0.25) is 0 Å². The third kappa shape index (κ3) is 3.71. The highest BCUT2D eigenvalue weighted by Gasteiger charge is 2.33.